The Balaban J connectivity index is 0.000000386. The molecule has 88 valence electrons. The molecule has 0 aliphatic carbocycles. The fourth-order valence-electron chi connectivity index (χ4n) is 1.49. The number of allylic oxidation sites excluding steroid dienone is 1. The molecular formula is C12H20N4. The number of hydrogen-bond acceptors (Lipinski definition) is 4. The highest BCUT2D eigenvalue weighted by Gasteiger charge is 2.14. The molecule has 1 aromatic heterocycles. The molecular weight excluding hydrogens is 200 g/mol. The van der Waals surface area contributed by atoms with Gasteiger partial charge in [-0.1, -0.05) is 6.08 Å². The van der Waals surface area contributed by atoms with Crippen molar-refractivity contribution in [2.75, 3.05) is 38.1 Å². The zero-order valence-electron chi connectivity index (χ0n) is 10.1. The van der Waals surface area contributed by atoms with Crippen LogP contribution in [0.1, 0.15) is 6.92 Å². The second-order valence-corrected chi connectivity index (χ2v) is 3.76. The smallest absolute Gasteiger partial charge is 0.147 e. The highest BCUT2D eigenvalue weighted by molar-refractivity contribution is 5.35. The van der Waals surface area contributed by atoms with Crippen LogP contribution in [-0.2, 0) is 0 Å². The minimum atomic E-state index is 0.996. The van der Waals surface area contributed by atoms with E-state index in [2.05, 4.69) is 33.4 Å². The van der Waals surface area contributed by atoms with Crippen LogP contribution in [0.25, 0.3) is 0 Å². The number of hydrogen-bond donors (Lipinski definition) is 0. The highest BCUT2D eigenvalue weighted by Crippen LogP contribution is 2.09. The summed E-state index contributed by atoms with van der Waals surface area (Å²) in [5.41, 5.74) is 0. The van der Waals surface area contributed by atoms with Gasteiger partial charge in [0.05, 0.1) is 6.20 Å². The Labute approximate surface area is 97.6 Å². The van der Waals surface area contributed by atoms with Crippen molar-refractivity contribution in [1.29, 1.82) is 0 Å². The van der Waals surface area contributed by atoms with Gasteiger partial charge in [-0.05, 0) is 14.0 Å². The van der Waals surface area contributed by atoms with Gasteiger partial charge < -0.3 is 9.80 Å². The Morgan fingerprint density at radius 2 is 1.88 bits per heavy atom. The molecule has 0 atom stereocenters. The van der Waals surface area contributed by atoms with E-state index in [9.17, 15) is 0 Å². The standard InChI is InChI=1S/C9H14N4.C3H6/c1-12-4-6-13(7-5-12)9-8-10-2-3-11-9;1-3-2/h2-3,8H,4-7H2,1H3;3H,1H2,2H3. The molecule has 1 saturated heterocycles. The fourth-order valence-corrected chi connectivity index (χ4v) is 1.49. The Bertz CT molecular complexity index is 291. The van der Waals surface area contributed by atoms with Crippen LogP contribution >= 0.6 is 0 Å². The summed E-state index contributed by atoms with van der Waals surface area (Å²) in [7, 11) is 2.15. The van der Waals surface area contributed by atoms with Crippen molar-refractivity contribution in [3.8, 4) is 0 Å². The van der Waals surface area contributed by atoms with Gasteiger partial charge in [-0.25, -0.2) is 4.98 Å². The monoisotopic (exact) mass is 220 g/mol. The van der Waals surface area contributed by atoms with Crippen molar-refractivity contribution in [2.45, 2.75) is 6.92 Å². The van der Waals surface area contributed by atoms with Crippen LogP contribution < -0.4 is 4.90 Å². The molecule has 0 spiro atoms. The quantitative estimate of drug-likeness (QED) is 0.670. The highest BCUT2D eigenvalue weighted by atomic mass is 15.3. The van der Waals surface area contributed by atoms with Crippen LogP contribution in [0, 0.1) is 0 Å². The van der Waals surface area contributed by atoms with Crippen molar-refractivity contribution in [3.05, 3.63) is 31.2 Å². The topological polar surface area (TPSA) is 32.3 Å². The van der Waals surface area contributed by atoms with Gasteiger partial charge in [0.15, 0.2) is 0 Å². The van der Waals surface area contributed by atoms with Gasteiger partial charge in [0.2, 0.25) is 0 Å². The predicted octanol–water partition coefficient (Wildman–Crippen LogP) is 1.42. The van der Waals surface area contributed by atoms with Gasteiger partial charge in [-0.3, -0.25) is 4.98 Å². The van der Waals surface area contributed by atoms with E-state index in [1.165, 1.54) is 0 Å². The molecule has 1 aliphatic heterocycles. The van der Waals surface area contributed by atoms with E-state index >= 15 is 0 Å². The molecule has 2 rings (SSSR count). The third kappa shape index (κ3) is 3.98. The van der Waals surface area contributed by atoms with Gasteiger partial charge in [0.1, 0.15) is 5.82 Å². The summed E-state index contributed by atoms with van der Waals surface area (Å²) in [4.78, 5) is 12.9. The Morgan fingerprint density at radius 3 is 2.38 bits per heavy atom. The maximum absolute atomic E-state index is 4.27. The van der Waals surface area contributed by atoms with E-state index in [0.717, 1.165) is 32.0 Å². The van der Waals surface area contributed by atoms with E-state index in [1.54, 1.807) is 18.5 Å². The van der Waals surface area contributed by atoms with Gasteiger partial charge in [0, 0.05) is 38.6 Å². The molecule has 0 unspecified atom stereocenters. The number of likely N-dealkylation sites (N-methyl/N-ethyl adjacent to an activating group) is 1. The third-order valence-electron chi connectivity index (χ3n) is 2.38. The molecule has 4 heteroatoms. The van der Waals surface area contributed by atoms with E-state index < -0.39 is 0 Å². The Morgan fingerprint density at radius 1 is 1.25 bits per heavy atom. The first-order valence-corrected chi connectivity index (χ1v) is 5.54. The lowest BCUT2D eigenvalue weighted by atomic mass is 10.3. The Kier molecular flexibility index (Phi) is 5.50. The number of anilines is 1. The van der Waals surface area contributed by atoms with Gasteiger partial charge in [0.25, 0.3) is 0 Å². The summed E-state index contributed by atoms with van der Waals surface area (Å²) >= 11 is 0. The van der Waals surface area contributed by atoms with Gasteiger partial charge in [-0.15, -0.1) is 6.58 Å². The largest absolute Gasteiger partial charge is 0.353 e. The van der Waals surface area contributed by atoms with Crippen molar-refractivity contribution < 1.29 is 0 Å². The molecule has 4 nitrogen and oxygen atoms in total. The maximum Gasteiger partial charge on any atom is 0.147 e. The maximum atomic E-state index is 4.27. The second kappa shape index (κ2) is 6.95. The average Bonchev–Trinajstić information content (AvgIpc) is 2.32. The minimum absolute atomic E-state index is 0.996. The molecule has 1 fully saturated rings. The lowest BCUT2D eigenvalue weighted by molar-refractivity contribution is 0.312. The first kappa shape index (κ1) is 12.6. The second-order valence-electron chi connectivity index (χ2n) is 3.76. The first-order valence-electron chi connectivity index (χ1n) is 5.54. The van der Waals surface area contributed by atoms with Crippen LogP contribution in [0.3, 0.4) is 0 Å². The molecule has 0 radical (unpaired) electrons. The van der Waals surface area contributed by atoms with Crippen LogP contribution in [0.4, 0.5) is 5.82 Å². The number of nitrogens with zero attached hydrogens (tertiary/aromatic N) is 4. The summed E-state index contributed by atoms with van der Waals surface area (Å²) in [5, 5.41) is 0. The summed E-state index contributed by atoms with van der Waals surface area (Å²) in [6, 6.07) is 0. The van der Waals surface area contributed by atoms with E-state index in [-0.39, 0.29) is 0 Å². The normalized spacial score (nSPS) is 16.2. The molecule has 1 aromatic rings. The third-order valence-corrected chi connectivity index (χ3v) is 2.38. The first-order chi connectivity index (χ1) is 7.77. The SMILES string of the molecule is C=CC.CN1CCN(c2cnccn2)CC1. The van der Waals surface area contributed by atoms with Crippen molar-refractivity contribution >= 4 is 5.82 Å². The zero-order chi connectivity index (χ0) is 11.8. The number of piperazine rings is 1. The predicted molar refractivity (Wildman–Crippen MR) is 67.6 cm³/mol. The Hall–Kier alpha value is -1.42. The molecule has 0 bridgehead atoms. The van der Waals surface area contributed by atoms with Gasteiger partial charge in [-0.2, -0.15) is 0 Å². The average molecular weight is 220 g/mol. The molecule has 16 heavy (non-hydrogen) atoms. The molecule has 2 heterocycles. The van der Waals surface area contributed by atoms with Crippen LogP contribution in [0.2, 0.25) is 0 Å². The minimum Gasteiger partial charge on any atom is -0.353 e. The summed E-state index contributed by atoms with van der Waals surface area (Å²) < 4.78 is 0. The summed E-state index contributed by atoms with van der Waals surface area (Å²) in [5.74, 6) is 0.996. The van der Waals surface area contributed by atoms with E-state index in [1.807, 2.05) is 13.1 Å². The molecule has 0 N–H and O–H groups in total. The number of rotatable bonds is 1. The lowest BCUT2D eigenvalue weighted by Gasteiger charge is -2.32. The lowest BCUT2D eigenvalue weighted by Crippen LogP contribution is -2.44. The molecule has 0 aromatic carbocycles. The van der Waals surface area contributed by atoms with Crippen LogP contribution in [0.5, 0.6) is 0 Å². The molecule has 0 saturated carbocycles. The van der Waals surface area contributed by atoms with Crippen LogP contribution in [-0.4, -0.2) is 48.1 Å². The fraction of sp³-hybridized carbons (Fsp3) is 0.500. The summed E-state index contributed by atoms with van der Waals surface area (Å²) in [6.45, 7) is 9.57. The van der Waals surface area contributed by atoms with Crippen molar-refractivity contribution in [2.24, 2.45) is 0 Å². The number of aromatic nitrogens is 2. The summed E-state index contributed by atoms with van der Waals surface area (Å²) in [6.07, 6.45) is 7.03. The van der Waals surface area contributed by atoms with E-state index in [0.29, 0.717) is 0 Å². The van der Waals surface area contributed by atoms with Crippen LogP contribution in [0.15, 0.2) is 31.2 Å². The zero-order valence-corrected chi connectivity index (χ0v) is 10.1. The molecule has 1 aliphatic rings. The van der Waals surface area contributed by atoms with Crippen molar-refractivity contribution in [1.82, 2.24) is 14.9 Å². The van der Waals surface area contributed by atoms with Gasteiger partial charge >= 0.3 is 0 Å². The molecule has 0 amide bonds. The van der Waals surface area contributed by atoms with Crippen molar-refractivity contribution in [3.63, 3.8) is 0 Å². The van der Waals surface area contributed by atoms with E-state index in [4.69, 9.17) is 0 Å².